The molecule has 1 aromatic heterocycles. The van der Waals surface area contributed by atoms with E-state index in [9.17, 15) is 24.4 Å². The maximum absolute atomic E-state index is 13.7. The summed E-state index contributed by atoms with van der Waals surface area (Å²) >= 11 is 0. The van der Waals surface area contributed by atoms with Gasteiger partial charge in [0.05, 0.1) is 51.1 Å². The fourth-order valence-electron chi connectivity index (χ4n) is 9.04. The summed E-state index contributed by atoms with van der Waals surface area (Å²) in [4.78, 5) is 57.4. The molecule has 67 heavy (non-hydrogen) atoms. The van der Waals surface area contributed by atoms with Gasteiger partial charge in [-0.15, -0.1) is 0 Å². The van der Waals surface area contributed by atoms with Gasteiger partial charge in [-0.25, -0.2) is 9.46 Å². The molecule has 1 unspecified atom stereocenters. The number of methoxy groups -OCH3 is 2. The van der Waals surface area contributed by atoms with E-state index in [0.29, 0.717) is 28.2 Å². The molecule has 0 saturated carbocycles. The monoisotopic (exact) mass is 931 g/mol. The van der Waals surface area contributed by atoms with Crippen LogP contribution in [0.5, 0.6) is 11.5 Å². The highest BCUT2D eigenvalue weighted by Gasteiger charge is 2.55. The number of carbonyl (C=O) groups is 2. The molecule has 7 rings (SSSR count). The molecule has 2 aliphatic heterocycles. The first-order valence-electron chi connectivity index (χ1n) is 22.5. The average Bonchev–Trinajstić information content (AvgIpc) is 3.80. The Hall–Kier alpha value is -5.98. The van der Waals surface area contributed by atoms with Gasteiger partial charge in [-0.05, 0) is 101 Å². The zero-order valence-corrected chi connectivity index (χ0v) is 39.9. The summed E-state index contributed by atoms with van der Waals surface area (Å²) in [7, 11) is 1.27. The number of ether oxygens (including phenoxy) is 4. The first-order chi connectivity index (χ1) is 32.3. The number of nitrogens with one attached hydrogen (secondary N) is 1. The van der Waals surface area contributed by atoms with Crippen molar-refractivity contribution < 1.29 is 37.6 Å². The summed E-state index contributed by atoms with van der Waals surface area (Å²) in [5.41, 5.74) is -0.473. The molecule has 15 nitrogen and oxygen atoms in total. The SMILES string of the molecule is COc1ccc(C(OC[C@H]2O[C@@H](n3cc(C)c(=O)[nH]c3=O)C[C@]2(CCCN2C(=O)c3ccccc3C2=O)OP(OCCC#N)N(C(C)C)C(C)C)(c2ccccc2)c2ccc(OC)cc2)cc1. The number of aromatic amines is 1. The summed E-state index contributed by atoms with van der Waals surface area (Å²) in [6.45, 7) is 9.78. The Kier molecular flexibility index (Phi) is 15.6. The van der Waals surface area contributed by atoms with Gasteiger partial charge < -0.3 is 28.0 Å². The van der Waals surface area contributed by atoms with Gasteiger partial charge in [0.15, 0.2) is 0 Å². The maximum Gasteiger partial charge on any atom is 0.330 e. The van der Waals surface area contributed by atoms with Crippen molar-refractivity contribution in [2.45, 2.75) is 95.9 Å². The van der Waals surface area contributed by atoms with Gasteiger partial charge in [0.25, 0.3) is 25.9 Å². The second kappa shape index (κ2) is 21.3. The van der Waals surface area contributed by atoms with Crippen LogP contribution in [0.15, 0.2) is 119 Å². The lowest BCUT2D eigenvalue weighted by Crippen LogP contribution is -2.47. The quantitative estimate of drug-likeness (QED) is 0.0323. The number of aryl methyl sites for hydroxylation is 1. The second-order valence-electron chi connectivity index (χ2n) is 17.2. The molecule has 1 N–H and O–H groups in total. The summed E-state index contributed by atoms with van der Waals surface area (Å²) in [5.74, 6) is 0.537. The predicted octanol–water partition coefficient (Wildman–Crippen LogP) is 8.27. The molecule has 352 valence electrons. The van der Waals surface area contributed by atoms with Crippen LogP contribution in [0.4, 0.5) is 0 Å². The number of aromatic nitrogens is 2. The molecule has 1 fully saturated rings. The Labute approximate surface area is 392 Å². The van der Waals surface area contributed by atoms with Gasteiger partial charge in [0.1, 0.15) is 35.0 Å². The topological polar surface area (TPSA) is 175 Å². The number of nitriles is 1. The first-order valence-corrected chi connectivity index (χ1v) is 23.6. The highest BCUT2D eigenvalue weighted by atomic mass is 31.2. The summed E-state index contributed by atoms with van der Waals surface area (Å²) in [6, 6.07) is 33.9. The van der Waals surface area contributed by atoms with Crippen LogP contribution in [0.1, 0.15) is 103 Å². The van der Waals surface area contributed by atoms with Crippen LogP contribution in [0.25, 0.3) is 0 Å². The Balaban J connectivity index is 1.39. The highest BCUT2D eigenvalue weighted by Crippen LogP contribution is 2.56. The zero-order valence-electron chi connectivity index (χ0n) is 39.0. The van der Waals surface area contributed by atoms with Gasteiger partial charge in [0.2, 0.25) is 0 Å². The molecule has 16 heteroatoms. The highest BCUT2D eigenvalue weighted by molar-refractivity contribution is 7.44. The van der Waals surface area contributed by atoms with Crippen LogP contribution >= 0.6 is 8.53 Å². The van der Waals surface area contributed by atoms with Crippen LogP contribution in [-0.2, 0) is 24.1 Å². The van der Waals surface area contributed by atoms with Crippen molar-refractivity contribution in [1.82, 2.24) is 19.1 Å². The lowest BCUT2D eigenvalue weighted by Gasteiger charge is -2.43. The third kappa shape index (κ3) is 10.2. The standard InChI is InChI=1S/C51H58N5O10P/c1-34(2)56(35(3)4)67(64-30-14-28-52)66-50(27-13-29-54-47(58)42-17-11-12-18-43(42)48(54)59)31-45(55-32-36(5)46(57)53-49(55)60)65-44(50)33-63-51(37-15-9-8-10-16-37,38-19-23-40(61-6)24-20-38)39-21-25-41(62-7)26-22-39/h8-12,15-26,32,34-35,44-45H,13-14,27,29-31,33H2,1-7H3,(H,53,57,60)/t44-,45-,50+,67?/m1/s1. The number of amides is 2. The third-order valence-electron chi connectivity index (χ3n) is 12.3. The molecule has 1 saturated heterocycles. The fourth-order valence-corrected chi connectivity index (χ4v) is 10.9. The smallest absolute Gasteiger partial charge is 0.330 e. The van der Waals surface area contributed by atoms with E-state index >= 15 is 0 Å². The number of fused-ring (bicyclic) bond motifs is 1. The predicted molar refractivity (Wildman–Crippen MR) is 253 cm³/mol. The Morgan fingerprint density at radius 3 is 1.93 bits per heavy atom. The van der Waals surface area contributed by atoms with E-state index in [4.69, 9.17) is 28.0 Å². The number of hydrogen-bond donors (Lipinski definition) is 1. The summed E-state index contributed by atoms with van der Waals surface area (Å²) < 4.78 is 43.2. The number of benzene rings is 4. The van der Waals surface area contributed by atoms with Crippen molar-refractivity contribution in [3.63, 3.8) is 0 Å². The van der Waals surface area contributed by atoms with Gasteiger partial charge in [0, 0.05) is 36.8 Å². The minimum absolute atomic E-state index is 0.0599. The van der Waals surface area contributed by atoms with Crippen molar-refractivity contribution in [3.8, 4) is 17.6 Å². The van der Waals surface area contributed by atoms with Gasteiger partial charge in [-0.1, -0.05) is 66.7 Å². The molecule has 3 heterocycles. The van der Waals surface area contributed by atoms with E-state index in [-0.39, 0.29) is 69.3 Å². The molecule has 0 aliphatic carbocycles. The van der Waals surface area contributed by atoms with Gasteiger partial charge in [-0.2, -0.15) is 5.26 Å². The van der Waals surface area contributed by atoms with Crippen molar-refractivity contribution >= 4 is 20.3 Å². The summed E-state index contributed by atoms with van der Waals surface area (Å²) in [5, 5.41) is 9.61. The van der Waals surface area contributed by atoms with E-state index in [1.165, 1.54) is 15.7 Å². The lowest BCUT2D eigenvalue weighted by atomic mass is 9.79. The van der Waals surface area contributed by atoms with E-state index in [0.717, 1.165) is 16.7 Å². The molecular formula is C51H58N5O10P. The molecule has 2 amide bonds. The fraction of sp³-hybridized carbons (Fsp3) is 0.392. The van der Waals surface area contributed by atoms with Crippen molar-refractivity contribution in [1.29, 1.82) is 5.26 Å². The lowest BCUT2D eigenvalue weighted by molar-refractivity contribution is -0.118. The number of hydrogen-bond acceptors (Lipinski definition) is 12. The van der Waals surface area contributed by atoms with E-state index in [1.54, 1.807) is 45.4 Å². The molecule has 2 aliphatic rings. The van der Waals surface area contributed by atoms with Crippen LogP contribution in [0, 0.1) is 18.3 Å². The third-order valence-corrected chi connectivity index (χ3v) is 14.5. The minimum Gasteiger partial charge on any atom is -0.497 e. The Morgan fingerprint density at radius 1 is 0.836 bits per heavy atom. The van der Waals surface area contributed by atoms with E-state index in [1.807, 2.05) is 107 Å². The molecule has 0 bridgehead atoms. The Bertz CT molecular complexity index is 2580. The molecule has 4 atom stereocenters. The van der Waals surface area contributed by atoms with Gasteiger partial charge >= 0.3 is 5.69 Å². The number of rotatable bonds is 21. The second-order valence-corrected chi connectivity index (χ2v) is 18.6. The molecular weight excluding hydrogens is 874 g/mol. The molecule has 0 radical (unpaired) electrons. The van der Waals surface area contributed by atoms with Crippen molar-refractivity contribution in [2.75, 3.05) is 34.0 Å². The van der Waals surface area contributed by atoms with Crippen LogP contribution in [0.2, 0.25) is 0 Å². The number of carbonyl (C=O) groups excluding carboxylic acids is 2. The largest absolute Gasteiger partial charge is 0.497 e. The van der Waals surface area contributed by atoms with Crippen LogP contribution in [0.3, 0.4) is 0 Å². The minimum atomic E-state index is -1.95. The normalized spacial score (nSPS) is 18.7. The number of H-pyrrole nitrogens is 1. The maximum atomic E-state index is 13.7. The summed E-state index contributed by atoms with van der Waals surface area (Å²) in [6.07, 6.45) is 0.194. The van der Waals surface area contributed by atoms with Crippen LogP contribution < -0.4 is 20.7 Å². The van der Waals surface area contributed by atoms with Crippen molar-refractivity contribution in [2.24, 2.45) is 0 Å². The van der Waals surface area contributed by atoms with E-state index in [2.05, 4.69) is 15.7 Å². The number of imide groups is 1. The average molecular weight is 932 g/mol. The number of nitrogens with zero attached hydrogens (tertiary/aromatic N) is 4. The van der Waals surface area contributed by atoms with Crippen LogP contribution in [-0.4, -0.2) is 88.7 Å². The van der Waals surface area contributed by atoms with Gasteiger partial charge in [-0.3, -0.25) is 28.8 Å². The first kappa shape index (κ1) is 48.9. The van der Waals surface area contributed by atoms with E-state index < -0.39 is 43.3 Å². The molecule has 0 spiro atoms. The zero-order chi connectivity index (χ0) is 47.9. The Morgan fingerprint density at radius 2 is 1.39 bits per heavy atom. The molecule has 5 aromatic rings. The van der Waals surface area contributed by atoms with Crippen molar-refractivity contribution in [3.05, 3.63) is 164 Å². The molecule has 4 aromatic carbocycles.